The third-order valence-electron chi connectivity index (χ3n) is 5.09. The lowest BCUT2D eigenvalue weighted by Gasteiger charge is -2.44. The highest BCUT2D eigenvalue weighted by atomic mass is 14.9. The molecule has 0 aromatic carbocycles. The van der Waals surface area contributed by atoms with Crippen LogP contribution in [0.4, 0.5) is 0 Å². The van der Waals surface area contributed by atoms with Gasteiger partial charge in [0, 0.05) is 6.04 Å². The molecule has 0 aliphatic heterocycles. The molecule has 0 radical (unpaired) electrons. The molecule has 0 heterocycles. The molecule has 108 valence electrons. The van der Waals surface area contributed by atoms with Gasteiger partial charge >= 0.3 is 0 Å². The smallest absolute Gasteiger partial charge is 0.00999 e. The average molecular weight is 253 g/mol. The predicted molar refractivity (Wildman–Crippen MR) is 81.8 cm³/mol. The van der Waals surface area contributed by atoms with Gasteiger partial charge in [-0.15, -0.1) is 0 Å². The van der Waals surface area contributed by atoms with Crippen molar-refractivity contribution in [3.8, 4) is 0 Å². The topological polar surface area (TPSA) is 12.0 Å². The first-order valence-corrected chi connectivity index (χ1v) is 8.04. The molecule has 0 bridgehead atoms. The molecular formula is C17H35N. The lowest BCUT2D eigenvalue weighted by atomic mass is 9.64. The molecule has 1 saturated carbocycles. The molecule has 0 spiro atoms. The van der Waals surface area contributed by atoms with Crippen LogP contribution in [0.1, 0.15) is 73.1 Å². The molecule has 0 aromatic heterocycles. The highest BCUT2D eigenvalue weighted by Crippen LogP contribution is 2.43. The van der Waals surface area contributed by atoms with Crippen LogP contribution in [0.2, 0.25) is 0 Å². The standard InChI is InChI=1S/C17H35N/c1-13(2)8-7-11-17(4,5)15-10-9-14(3)12-16(15)18-6/h13-16,18H,7-12H2,1-6H3. The van der Waals surface area contributed by atoms with E-state index in [0.29, 0.717) is 5.41 Å². The Kier molecular flexibility index (Phi) is 6.17. The van der Waals surface area contributed by atoms with E-state index in [1.807, 2.05) is 0 Å². The Morgan fingerprint density at radius 2 is 1.89 bits per heavy atom. The molecule has 1 heteroatoms. The molecule has 0 saturated heterocycles. The summed E-state index contributed by atoms with van der Waals surface area (Å²) in [5, 5.41) is 3.59. The van der Waals surface area contributed by atoms with E-state index in [4.69, 9.17) is 0 Å². The first kappa shape index (κ1) is 16.0. The van der Waals surface area contributed by atoms with Gasteiger partial charge in [-0.2, -0.15) is 0 Å². The number of hydrogen-bond acceptors (Lipinski definition) is 1. The molecule has 1 aliphatic carbocycles. The summed E-state index contributed by atoms with van der Waals surface area (Å²) in [6.07, 6.45) is 8.39. The molecule has 3 unspecified atom stereocenters. The number of nitrogens with one attached hydrogen (secondary N) is 1. The van der Waals surface area contributed by atoms with E-state index < -0.39 is 0 Å². The number of rotatable bonds is 6. The molecule has 0 amide bonds. The zero-order valence-corrected chi connectivity index (χ0v) is 13.6. The minimum Gasteiger partial charge on any atom is -0.317 e. The second-order valence-corrected chi connectivity index (χ2v) is 7.69. The highest BCUT2D eigenvalue weighted by molar-refractivity contribution is 4.91. The van der Waals surface area contributed by atoms with Crippen molar-refractivity contribution in [1.29, 1.82) is 0 Å². The van der Waals surface area contributed by atoms with Gasteiger partial charge < -0.3 is 5.32 Å². The lowest BCUT2D eigenvalue weighted by Crippen LogP contribution is -2.45. The normalized spacial score (nSPS) is 29.8. The van der Waals surface area contributed by atoms with Crippen molar-refractivity contribution in [2.75, 3.05) is 7.05 Å². The summed E-state index contributed by atoms with van der Waals surface area (Å²) in [6, 6.07) is 0.739. The first-order valence-electron chi connectivity index (χ1n) is 8.04. The molecular weight excluding hydrogens is 218 g/mol. The summed E-state index contributed by atoms with van der Waals surface area (Å²) in [6.45, 7) is 12.1. The molecule has 18 heavy (non-hydrogen) atoms. The third kappa shape index (κ3) is 4.57. The quantitative estimate of drug-likeness (QED) is 0.712. The van der Waals surface area contributed by atoms with Gasteiger partial charge in [0.25, 0.3) is 0 Å². The molecule has 0 aromatic rings. The van der Waals surface area contributed by atoms with Crippen molar-refractivity contribution in [3.05, 3.63) is 0 Å². The summed E-state index contributed by atoms with van der Waals surface area (Å²) in [5.41, 5.74) is 0.503. The van der Waals surface area contributed by atoms with Crippen molar-refractivity contribution in [2.45, 2.75) is 79.2 Å². The zero-order valence-electron chi connectivity index (χ0n) is 13.6. The minimum absolute atomic E-state index is 0.503. The molecule has 1 rings (SSSR count). The summed E-state index contributed by atoms with van der Waals surface area (Å²) in [4.78, 5) is 0. The summed E-state index contributed by atoms with van der Waals surface area (Å²) in [7, 11) is 2.15. The van der Waals surface area contributed by atoms with Crippen LogP contribution in [0.5, 0.6) is 0 Å². The predicted octanol–water partition coefficient (Wildman–Crippen LogP) is 4.86. The summed E-state index contributed by atoms with van der Waals surface area (Å²) >= 11 is 0. The van der Waals surface area contributed by atoms with E-state index in [1.54, 1.807) is 0 Å². The second kappa shape index (κ2) is 6.93. The Balaban J connectivity index is 2.53. The first-order chi connectivity index (χ1) is 8.36. The van der Waals surface area contributed by atoms with Crippen LogP contribution in [0.3, 0.4) is 0 Å². The fraction of sp³-hybridized carbons (Fsp3) is 1.00. The number of hydrogen-bond donors (Lipinski definition) is 1. The maximum absolute atomic E-state index is 3.59. The van der Waals surface area contributed by atoms with Crippen LogP contribution in [-0.4, -0.2) is 13.1 Å². The van der Waals surface area contributed by atoms with Gasteiger partial charge in [-0.25, -0.2) is 0 Å². The van der Waals surface area contributed by atoms with Crippen molar-refractivity contribution in [2.24, 2.45) is 23.2 Å². The minimum atomic E-state index is 0.503. The third-order valence-corrected chi connectivity index (χ3v) is 5.09. The zero-order chi connectivity index (χ0) is 13.8. The van der Waals surface area contributed by atoms with Crippen LogP contribution in [0.15, 0.2) is 0 Å². The van der Waals surface area contributed by atoms with Crippen molar-refractivity contribution in [3.63, 3.8) is 0 Å². The van der Waals surface area contributed by atoms with E-state index in [2.05, 4.69) is 47.0 Å². The second-order valence-electron chi connectivity index (χ2n) is 7.69. The van der Waals surface area contributed by atoms with Crippen molar-refractivity contribution in [1.82, 2.24) is 5.32 Å². The monoisotopic (exact) mass is 253 g/mol. The van der Waals surface area contributed by atoms with E-state index in [-0.39, 0.29) is 0 Å². The van der Waals surface area contributed by atoms with Gasteiger partial charge in [-0.1, -0.05) is 53.9 Å². The van der Waals surface area contributed by atoms with Crippen LogP contribution in [-0.2, 0) is 0 Å². The van der Waals surface area contributed by atoms with Gasteiger partial charge in [0.15, 0.2) is 0 Å². The summed E-state index contributed by atoms with van der Waals surface area (Å²) in [5.74, 6) is 2.63. The van der Waals surface area contributed by atoms with Crippen molar-refractivity contribution >= 4 is 0 Å². The Morgan fingerprint density at radius 3 is 2.44 bits per heavy atom. The average Bonchev–Trinajstić information content (AvgIpc) is 2.27. The Morgan fingerprint density at radius 1 is 1.22 bits per heavy atom. The van der Waals surface area contributed by atoms with Gasteiger partial charge in [0.1, 0.15) is 0 Å². The molecule has 1 nitrogen and oxygen atoms in total. The van der Waals surface area contributed by atoms with Crippen LogP contribution < -0.4 is 5.32 Å². The Bertz CT molecular complexity index is 232. The maximum Gasteiger partial charge on any atom is 0.00999 e. The van der Waals surface area contributed by atoms with Gasteiger partial charge in [-0.3, -0.25) is 0 Å². The largest absolute Gasteiger partial charge is 0.317 e. The SMILES string of the molecule is CNC1CC(C)CCC1C(C)(C)CCCC(C)C. The van der Waals surface area contributed by atoms with Gasteiger partial charge in [0.05, 0.1) is 0 Å². The summed E-state index contributed by atoms with van der Waals surface area (Å²) < 4.78 is 0. The Labute approximate surface area is 115 Å². The van der Waals surface area contributed by atoms with Crippen LogP contribution >= 0.6 is 0 Å². The fourth-order valence-corrected chi connectivity index (χ4v) is 3.79. The Hall–Kier alpha value is -0.0400. The van der Waals surface area contributed by atoms with Crippen molar-refractivity contribution < 1.29 is 0 Å². The molecule has 1 N–H and O–H groups in total. The van der Waals surface area contributed by atoms with Crippen LogP contribution in [0.25, 0.3) is 0 Å². The maximum atomic E-state index is 3.59. The van der Waals surface area contributed by atoms with Crippen LogP contribution in [0, 0.1) is 23.2 Å². The molecule has 3 atom stereocenters. The van der Waals surface area contributed by atoms with Gasteiger partial charge in [0.2, 0.25) is 0 Å². The van der Waals surface area contributed by atoms with E-state index in [0.717, 1.165) is 23.8 Å². The molecule has 1 fully saturated rings. The fourth-order valence-electron chi connectivity index (χ4n) is 3.79. The van der Waals surface area contributed by atoms with E-state index >= 15 is 0 Å². The highest BCUT2D eigenvalue weighted by Gasteiger charge is 2.37. The van der Waals surface area contributed by atoms with E-state index in [1.165, 1.54) is 38.5 Å². The molecule has 1 aliphatic rings. The van der Waals surface area contributed by atoms with E-state index in [9.17, 15) is 0 Å². The lowest BCUT2D eigenvalue weighted by molar-refractivity contribution is 0.0872. The van der Waals surface area contributed by atoms with Gasteiger partial charge in [-0.05, 0) is 49.5 Å².